The highest BCUT2D eigenvalue weighted by Gasteiger charge is 2.44. The Morgan fingerprint density at radius 1 is 1.50 bits per heavy atom. The van der Waals surface area contributed by atoms with E-state index < -0.39 is 31.1 Å². The van der Waals surface area contributed by atoms with E-state index in [4.69, 9.17) is 21.1 Å². The largest absolute Gasteiger partial charge is 0.394 e. The average Bonchev–Trinajstić information content (AvgIpc) is 2.98. The van der Waals surface area contributed by atoms with Gasteiger partial charge in [-0.3, -0.25) is 15.0 Å². The van der Waals surface area contributed by atoms with E-state index in [9.17, 15) is 10.2 Å². The number of ether oxygens (including phenoxy) is 1. The molecular weight excluding hydrogens is 268 g/mol. The number of amidine groups is 1. The molecule has 0 saturated carbocycles. The van der Waals surface area contributed by atoms with Crippen molar-refractivity contribution >= 4 is 11.7 Å². The number of nitrogens with one attached hydrogen (secondary N) is 2. The third kappa shape index (κ3) is 1.77. The monoisotopic (exact) mass is 284 g/mol. The average molecular weight is 284 g/mol. The van der Waals surface area contributed by atoms with Crippen LogP contribution in [0.1, 0.15) is 11.9 Å². The Hall–Kier alpha value is -1.72. The fourth-order valence-electron chi connectivity index (χ4n) is 2.39. The molecule has 0 aliphatic carbocycles. The fraction of sp³-hybridized carbons (Fsp3) is 0.600. The molecule has 0 aromatic carbocycles. The lowest BCUT2D eigenvalue weighted by molar-refractivity contribution is -0.0519. The lowest BCUT2D eigenvalue weighted by Gasteiger charge is -2.27. The molecule has 2 aliphatic rings. The number of aromatic nitrogens is 2. The number of hydrogen-bond acceptors (Lipinski definition) is 8. The van der Waals surface area contributed by atoms with Gasteiger partial charge in [-0.1, -0.05) is 0 Å². The zero-order chi connectivity index (χ0) is 14.4. The normalized spacial score (nSPS) is 33.2. The van der Waals surface area contributed by atoms with Crippen molar-refractivity contribution in [1.29, 1.82) is 5.41 Å². The Bertz CT molecular complexity index is 534. The van der Waals surface area contributed by atoms with E-state index in [0.717, 1.165) is 0 Å². The molecule has 3 heterocycles. The number of anilines is 1. The van der Waals surface area contributed by atoms with Gasteiger partial charge in [-0.25, -0.2) is 10.8 Å². The fourth-order valence-corrected chi connectivity index (χ4v) is 2.39. The number of nitrogens with two attached hydrogens (primary N) is 1. The SMILES string of the molecule is N=C1c2ncn([C@@H]3O[C@H](CO)[C@@H](O)[C@H]3O)c2NCN1N. The number of hydrogen-bond donors (Lipinski definition) is 6. The summed E-state index contributed by atoms with van der Waals surface area (Å²) in [5.74, 6) is 6.12. The van der Waals surface area contributed by atoms with Crippen molar-refractivity contribution in [2.75, 3.05) is 18.6 Å². The Labute approximate surface area is 113 Å². The van der Waals surface area contributed by atoms with Crippen LogP contribution in [-0.4, -0.2) is 67.3 Å². The lowest BCUT2D eigenvalue weighted by Crippen LogP contribution is -2.45. The van der Waals surface area contributed by atoms with Crippen LogP contribution >= 0.6 is 0 Å². The summed E-state index contributed by atoms with van der Waals surface area (Å²) in [5, 5.41) is 40.8. The van der Waals surface area contributed by atoms with Crippen LogP contribution in [0.25, 0.3) is 0 Å². The van der Waals surface area contributed by atoms with Crippen LogP contribution in [0, 0.1) is 5.41 Å². The van der Waals surface area contributed by atoms with Crippen molar-refractivity contribution in [2.45, 2.75) is 24.5 Å². The van der Waals surface area contributed by atoms with Gasteiger partial charge in [0.05, 0.1) is 12.9 Å². The highest BCUT2D eigenvalue weighted by Crippen LogP contribution is 2.33. The van der Waals surface area contributed by atoms with Gasteiger partial charge in [-0.15, -0.1) is 0 Å². The summed E-state index contributed by atoms with van der Waals surface area (Å²) in [6.07, 6.45) is -2.73. The quantitative estimate of drug-likeness (QED) is 0.323. The second-order valence-electron chi connectivity index (χ2n) is 4.73. The van der Waals surface area contributed by atoms with Gasteiger partial charge < -0.3 is 25.4 Å². The van der Waals surface area contributed by atoms with Gasteiger partial charge in [0.15, 0.2) is 12.1 Å². The number of rotatable bonds is 2. The molecule has 110 valence electrons. The molecule has 1 aromatic rings. The van der Waals surface area contributed by atoms with E-state index in [1.165, 1.54) is 15.9 Å². The van der Waals surface area contributed by atoms with Gasteiger partial charge in [0.25, 0.3) is 0 Å². The van der Waals surface area contributed by atoms with Crippen molar-refractivity contribution in [2.24, 2.45) is 5.84 Å². The molecule has 0 bridgehead atoms. The third-order valence-electron chi connectivity index (χ3n) is 3.51. The summed E-state index contributed by atoms with van der Waals surface area (Å²) in [6.45, 7) is -0.183. The van der Waals surface area contributed by atoms with E-state index in [-0.39, 0.29) is 12.5 Å². The Kier molecular flexibility index (Phi) is 3.11. The Morgan fingerprint density at radius 2 is 2.25 bits per heavy atom. The zero-order valence-electron chi connectivity index (χ0n) is 10.5. The molecular formula is C10H16N6O4. The van der Waals surface area contributed by atoms with Gasteiger partial charge >= 0.3 is 0 Å². The van der Waals surface area contributed by atoms with Gasteiger partial charge in [0.1, 0.15) is 36.5 Å². The second-order valence-corrected chi connectivity index (χ2v) is 4.73. The highest BCUT2D eigenvalue weighted by molar-refractivity contribution is 6.00. The van der Waals surface area contributed by atoms with Crippen LogP contribution in [0.3, 0.4) is 0 Å². The molecule has 0 radical (unpaired) electrons. The first-order valence-corrected chi connectivity index (χ1v) is 6.09. The summed E-state index contributed by atoms with van der Waals surface area (Å²) in [6, 6.07) is 0. The predicted molar refractivity (Wildman–Crippen MR) is 66.6 cm³/mol. The van der Waals surface area contributed by atoms with Crippen molar-refractivity contribution in [3.05, 3.63) is 12.0 Å². The van der Waals surface area contributed by atoms with Crippen LogP contribution in [0.2, 0.25) is 0 Å². The predicted octanol–water partition coefficient (Wildman–Crippen LogP) is -2.62. The van der Waals surface area contributed by atoms with Crippen molar-refractivity contribution in [3.63, 3.8) is 0 Å². The first-order valence-electron chi connectivity index (χ1n) is 6.09. The molecule has 0 unspecified atom stereocenters. The summed E-state index contributed by atoms with van der Waals surface area (Å²) in [4.78, 5) is 4.06. The minimum absolute atomic E-state index is 0.0456. The number of hydrazine groups is 1. The molecule has 1 saturated heterocycles. The highest BCUT2D eigenvalue weighted by atomic mass is 16.6. The van der Waals surface area contributed by atoms with Gasteiger partial charge in [-0.2, -0.15) is 0 Å². The molecule has 0 amide bonds. The number of fused-ring (bicyclic) bond motifs is 1. The van der Waals surface area contributed by atoms with Crippen LogP contribution in [0.5, 0.6) is 0 Å². The Morgan fingerprint density at radius 3 is 2.90 bits per heavy atom. The Balaban J connectivity index is 1.93. The van der Waals surface area contributed by atoms with Crippen LogP contribution in [-0.2, 0) is 4.74 Å². The number of imidazole rings is 1. The standard InChI is InChI=1S/C10H16N6O4/c11-8-5-9(14-3-16(8)12)15(2-13-5)10-7(19)6(18)4(1-17)20-10/h2,4,6-7,10-11,14,17-19H,1,3,12H2/t4-,6-,7-,10-/m1/s1. The second kappa shape index (κ2) is 4.68. The first-order chi connectivity index (χ1) is 9.54. The summed E-state index contributed by atoms with van der Waals surface area (Å²) in [7, 11) is 0. The van der Waals surface area contributed by atoms with Crippen molar-refractivity contribution < 1.29 is 20.1 Å². The number of aliphatic hydroxyl groups is 3. The third-order valence-corrected chi connectivity index (χ3v) is 3.51. The van der Waals surface area contributed by atoms with Crippen molar-refractivity contribution in [1.82, 2.24) is 14.6 Å². The van der Waals surface area contributed by atoms with E-state index in [1.54, 1.807) is 0 Å². The molecule has 1 aromatic heterocycles. The maximum Gasteiger partial charge on any atom is 0.166 e. The minimum atomic E-state index is -1.20. The zero-order valence-corrected chi connectivity index (χ0v) is 10.5. The van der Waals surface area contributed by atoms with E-state index in [2.05, 4.69) is 10.3 Å². The van der Waals surface area contributed by atoms with Gasteiger partial charge in [-0.05, 0) is 0 Å². The number of aliphatic hydroxyl groups excluding tert-OH is 3. The lowest BCUT2D eigenvalue weighted by atomic mass is 10.1. The smallest absolute Gasteiger partial charge is 0.166 e. The minimum Gasteiger partial charge on any atom is -0.394 e. The maximum atomic E-state index is 10.00. The molecule has 20 heavy (non-hydrogen) atoms. The summed E-state index contributed by atoms with van der Waals surface area (Å²) >= 11 is 0. The molecule has 2 aliphatic heterocycles. The van der Waals surface area contributed by atoms with E-state index >= 15 is 0 Å². The van der Waals surface area contributed by atoms with Gasteiger partial charge in [0.2, 0.25) is 0 Å². The van der Waals surface area contributed by atoms with Crippen LogP contribution < -0.4 is 11.2 Å². The van der Waals surface area contributed by atoms with Gasteiger partial charge in [0, 0.05) is 0 Å². The summed E-state index contributed by atoms with van der Waals surface area (Å²) in [5.41, 5.74) is 0.330. The summed E-state index contributed by atoms with van der Waals surface area (Å²) < 4.78 is 6.91. The molecule has 10 heteroatoms. The van der Waals surface area contributed by atoms with Crippen LogP contribution in [0.15, 0.2) is 6.33 Å². The molecule has 0 spiro atoms. The maximum absolute atomic E-state index is 10.00. The molecule has 10 nitrogen and oxygen atoms in total. The molecule has 4 atom stereocenters. The molecule has 3 rings (SSSR count). The van der Waals surface area contributed by atoms with E-state index in [1.807, 2.05) is 0 Å². The molecule has 7 N–H and O–H groups in total. The first kappa shape index (κ1) is 13.3. The number of nitrogens with zero attached hydrogens (tertiary/aromatic N) is 3. The topological polar surface area (TPSA) is 153 Å². The van der Waals surface area contributed by atoms with Crippen molar-refractivity contribution in [3.8, 4) is 0 Å². The van der Waals surface area contributed by atoms with Crippen LogP contribution in [0.4, 0.5) is 5.82 Å². The van der Waals surface area contributed by atoms with E-state index in [0.29, 0.717) is 11.5 Å². The molecule has 1 fully saturated rings.